The lowest BCUT2D eigenvalue weighted by atomic mass is 10.2. The molecule has 4 aromatic rings. The van der Waals surface area contributed by atoms with Gasteiger partial charge in [0.25, 0.3) is 5.91 Å². The van der Waals surface area contributed by atoms with E-state index in [1.54, 1.807) is 28.4 Å². The Morgan fingerprint density at radius 3 is 2.83 bits per heavy atom. The number of hydrogen-bond acceptors (Lipinski definition) is 4. The summed E-state index contributed by atoms with van der Waals surface area (Å²) < 4.78 is 2.83. The minimum Gasteiger partial charge on any atom is -0.321 e. The van der Waals surface area contributed by atoms with Crippen LogP contribution in [0.1, 0.15) is 15.5 Å². The summed E-state index contributed by atoms with van der Waals surface area (Å²) in [7, 11) is 0. The van der Waals surface area contributed by atoms with Crippen molar-refractivity contribution in [2.75, 3.05) is 5.32 Å². The van der Waals surface area contributed by atoms with Crippen molar-refractivity contribution in [2.24, 2.45) is 0 Å². The highest BCUT2D eigenvalue weighted by atomic mass is 32.1. The van der Waals surface area contributed by atoms with Crippen LogP contribution in [0, 0.1) is 6.92 Å². The van der Waals surface area contributed by atoms with E-state index in [2.05, 4.69) is 15.3 Å². The molecule has 24 heavy (non-hydrogen) atoms. The second-order valence-corrected chi connectivity index (χ2v) is 6.59. The number of aromatic nitrogens is 3. The zero-order valence-electron chi connectivity index (χ0n) is 12.9. The molecular formula is C18H14N4OS. The molecule has 0 unspecified atom stereocenters. The number of carbonyl (C=O) groups excluding carboxylic acids is 1. The molecule has 5 nitrogen and oxygen atoms in total. The molecule has 0 saturated heterocycles. The van der Waals surface area contributed by atoms with Crippen molar-refractivity contribution in [3.63, 3.8) is 0 Å². The zero-order valence-corrected chi connectivity index (χ0v) is 13.7. The van der Waals surface area contributed by atoms with Crippen LogP contribution in [0.3, 0.4) is 0 Å². The van der Waals surface area contributed by atoms with Crippen LogP contribution < -0.4 is 5.32 Å². The van der Waals surface area contributed by atoms with Gasteiger partial charge in [0, 0.05) is 11.4 Å². The van der Waals surface area contributed by atoms with Crippen molar-refractivity contribution in [2.45, 2.75) is 6.92 Å². The Morgan fingerprint density at radius 1 is 1.17 bits per heavy atom. The molecule has 0 aliphatic rings. The standard InChI is InChI=1S/C18H14N4OS/c1-12-20-15-8-7-13(9-17(15)24-12)21-18(23)16-10-19-11-22(16)14-5-3-2-4-6-14/h2-11H,1H3,(H,21,23). The number of hydrogen-bond donors (Lipinski definition) is 1. The van der Waals surface area contributed by atoms with Crippen LogP contribution in [-0.2, 0) is 0 Å². The van der Waals surface area contributed by atoms with E-state index >= 15 is 0 Å². The number of nitrogens with zero attached hydrogens (tertiary/aromatic N) is 3. The maximum Gasteiger partial charge on any atom is 0.274 e. The first-order chi connectivity index (χ1) is 11.7. The molecule has 1 amide bonds. The predicted molar refractivity (Wildman–Crippen MR) is 95.9 cm³/mol. The third-order valence-corrected chi connectivity index (χ3v) is 4.59. The number of fused-ring (bicyclic) bond motifs is 1. The van der Waals surface area contributed by atoms with E-state index in [-0.39, 0.29) is 5.91 Å². The highest BCUT2D eigenvalue weighted by Gasteiger charge is 2.13. The number of para-hydroxylation sites is 1. The molecule has 1 N–H and O–H groups in total. The van der Waals surface area contributed by atoms with Gasteiger partial charge in [0.1, 0.15) is 5.69 Å². The molecule has 0 spiro atoms. The molecule has 0 fully saturated rings. The summed E-state index contributed by atoms with van der Waals surface area (Å²) in [5.41, 5.74) is 3.08. The topological polar surface area (TPSA) is 59.8 Å². The van der Waals surface area contributed by atoms with Gasteiger partial charge in [-0.25, -0.2) is 9.97 Å². The number of anilines is 1. The largest absolute Gasteiger partial charge is 0.321 e. The molecule has 2 aromatic heterocycles. The SMILES string of the molecule is Cc1nc2ccc(NC(=O)c3cncn3-c3ccccc3)cc2s1. The lowest BCUT2D eigenvalue weighted by Gasteiger charge is -2.09. The van der Waals surface area contributed by atoms with Gasteiger partial charge in [-0.1, -0.05) is 18.2 Å². The highest BCUT2D eigenvalue weighted by Crippen LogP contribution is 2.25. The van der Waals surface area contributed by atoms with E-state index in [1.807, 2.05) is 55.5 Å². The fourth-order valence-electron chi connectivity index (χ4n) is 2.57. The molecule has 0 bridgehead atoms. The molecular weight excluding hydrogens is 320 g/mol. The number of thiazole rings is 1. The van der Waals surface area contributed by atoms with Crippen LogP contribution >= 0.6 is 11.3 Å². The Hall–Kier alpha value is -2.99. The molecule has 0 aliphatic heterocycles. The number of amides is 1. The Bertz CT molecular complexity index is 1020. The Labute approximate surface area is 142 Å². The summed E-state index contributed by atoms with van der Waals surface area (Å²) in [6.45, 7) is 1.97. The average molecular weight is 334 g/mol. The van der Waals surface area contributed by atoms with Crippen LogP contribution in [0.2, 0.25) is 0 Å². The van der Waals surface area contributed by atoms with Gasteiger partial charge < -0.3 is 5.32 Å². The number of rotatable bonds is 3. The first-order valence-corrected chi connectivity index (χ1v) is 8.29. The lowest BCUT2D eigenvalue weighted by molar-refractivity contribution is 0.102. The Kier molecular flexibility index (Phi) is 3.59. The number of aryl methyl sites for hydroxylation is 1. The first-order valence-electron chi connectivity index (χ1n) is 7.47. The van der Waals surface area contributed by atoms with Gasteiger partial charge in [-0.3, -0.25) is 9.36 Å². The van der Waals surface area contributed by atoms with Crippen LogP contribution in [0.15, 0.2) is 61.1 Å². The number of benzene rings is 2. The molecule has 0 radical (unpaired) electrons. The van der Waals surface area contributed by atoms with E-state index in [1.165, 1.54) is 0 Å². The quantitative estimate of drug-likeness (QED) is 0.615. The number of carbonyl (C=O) groups is 1. The molecule has 2 heterocycles. The summed E-state index contributed by atoms with van der Waals surface area (Å²) in [6, 6.07) is 15.4. The van der Waals surface area contributed by atoms with Crippen molar-refractivity contribution in [3.8, 4) is 5.69 Å². The van der Waals surface area contributed by atoms with Gasteiger partial charge in [0.2, 0.25) is 0 Å². The molecule has 2 aromatic carbocycles. The minimum absolute atomic E-state index is 0.197. The second kappa shape index (κ2) is 5.90. The van der Waals surface area contributed by atoms with E-state index in [9.17, 15) is 4.79 Å². The van der Waals surface area contributed by atoms with Crippen molar-refractivity contribution >= 4 is 33.1 Å². The van der Waals surface area contributed by atoms with Gasteiger partial charge in [-0.05, 0) is 37.3 Å². The summed E-state index contributed by atoms with van der Waals surface area (Å²) in [4.78, 5) is 21.2. The second-order valence-electron chi connectivity index (χ2n) is 5.35. The fourth-order valence-corrected chi connectivity index (χ4v) is 3.44. The number of nitrogens with one attached hydrogen (secondary N) is 1. The van der Waals surface area contributed by atoms with Crippen molar-refractivity contribution in [3.05, 3.63) is 71.8 Å². The van der Waals surface area contributed by atoms with Gasteiger partial charge in [0.15, 0.2) is 0 Å². The smallest absolute Gasteiger partial charge is 0.274 e. The monoisotopic (exact) mass is 334 g/mol. The van der Waals surface area contributed by atoms with Crippen LogP contribution in [-0.4, -0.2) is 20.4 Å². The third kappa shape index (κ3) is 2.68. The van der Waals surface area contributed by atoms with Crippen LogP contribution in [0.25, 0.3) is 15.9 Å². The van der Waals surface area contributed by atoms with E-state index < -0.39 is 0 Å². The Balaban J connectivity index is 1.63. The number of imidazole rings is 1. The molecule has 6 heteroatoms. The van der Waals surface area contributed by atoms with E-state index in [4.69, 9.17) is 0 Å². The van der Waals surface area contributed by atoms with E-state index in [0.29, 0.717) is 5.69 Å². The molecule has 118 valence electrons. The first kappa shape index (κ1) is 14.6. The normalized spacial score (nSPS) is 10.9. The summed E-state index contributed by atoms with van der Waals surface area (Å²) in [6.07, 6.45) is 3.21. The third-order valence-electron chi connectivity index (χ3n) is 3.66. The van der Waals surface area contributed by atoms with Crippen LogP contribution in [0.4, 0.5) is 5.69 Å². The van der Waals surface area contributed by atoms with Crippen molar-refractivity contribution < 1.29 is 4.79 Å². The van der Waals surface area contributed by atoms with Gasteiger partial charge in [-0.2, -0.15) is 0 Å². The lowest BCUT2D eigenvalue weighted by Crippen LogP contribution is -2.15. The van der Waals surface area contributed by atoms with Crippen molar-refractivity contribution in [1.29, 1.82) is 0 Å². The predicted octanol–water partition coefficient (Wildman–Crippen LogP) is 4.04. The molecule has 0 atom stereocenters. The zero-order chi connectivity index (χ0) is 16.5. The summed E-state index contributed by atoms with van der Waals surface area (Å²) >= 11 is 1.61. The van der Waals surface area contributed by atoms with Gasteiger partial charge in [0.05, 0.1) is 27.7 Å². The van der Waals surface area contributed by atoms with E-state index in [0.717, 1.165) is 26.6 Å². The van der Waals surface area contributed by atoms with Gasteiger partial charge >= 0.3 is 0 Å². The maximum atomic E-state index is 12.6. The summed E-state index contributed by atoms with van der Waals surface area (Å²) in [5, 5.41) is 3.94. The Morgan fingerprint density at radius 2 is 2.00 bits per heavy atom. The maximum absolute atomic E-state index is 12.6. The minimum atomic E-state index is -0.197. The molecule has 0 saturated carbocycles. The molecule has 0 aliphatic carbocycles. The van der Waals surface area contributed by atoms with Crippen molar-refractivity contribution in [1.82, 2.24) is 14.5 Å². The average Bonchev–Trinajstić information content (AvgIpc) is 3.21. The van der Waals surface area contributed by atoms with Crippen LogP contribution in [0.5, 0.6) is 0 Å². The highest BCUT2D eigenvalue weighted by molar-refractivity contribution is 7.18. The fraction of sp³-hybridized carbons (Fsp3) is 0.0556. The summed E-state index contributed by atoms with van der Waals surface area (Å²) in [5.74, 6) is -0.197. The van der Waals surface area contributed by atoms with Gasteiger partial charge in [-0.15, -0.1) is 11.3 Å². The molecule has 4 rings (SSSR count).